The lowest BCUT2D eigenvalue weighted by Crippen LogP contribution is -2.31. The Morgan fingerprint density at radius 2 is 1.90 bits per heavy atom. The van der Waals surface area contributed by atoms with Crippen molar-refractivity contribution in [3.8, 4) is 0 Å². The molecule has 0 radical (unpaired) electrons. The molecule has 1 aliphatic carbocycles. The lowest BCUT2D eigenvalue weighted by atomic mass is 9.93. The van der Waals surface area contributed by atoms with Crippen molar-refractivity contribution < 1.29 is 19.5 Å². The molecule has 6 heteroatoms. The predicted molar refractivity (Wildman–Crippen MR) is 109 cm³/mol. The van der Waals surface area contributed by atoms with Crippen molar-refractivity contribution in [2.24, 2.45) is 0 Å². The lowest BCUT2D eigenvalue weighted by molar-refractivity contribution is -0.137. The second-order valence-electron chi connectivity index (χ2n) is 7.45. The van der Waals surface area contributed by atoms with Crippen molar-refractivity contribution in [2.75, 3.05) is 0 Å². The van der Waals surface area contributed by atoms with E-state index >= 15 is 0 Å². The fourth-order valence-electron chi connectivity index (χ4n) is 4.20. The number of fused-ring (bicyclic) bond motifs is 2. The number of aryl methyl sites for hydroxylation is 1. The number of hydrogen-bond donors (Lipinski definition) is 3. The van der Waals surface area contributed by atoms with Crippen LogP contribution in [0.4, 0.5) is 0 Å². The summed E-state index contributed by atoms with van der Waals surface area (Å²) in [4.78, 5) is 39.9. The number of benzene rings is 2. The summed E-state index contributed by atoms with van der Waals surface area (Å²) in [5, 5.41) is 14.2. The van der Waals surface area contributed by atoms with Gasteiger partial charge in [0.25, 0.3) is 5.91 Å². The van der Waals surface area contributed by atoms with Gasteiger partial charge in [0.1, 0.15) is 5.69 Å². The van der Waals surface area contributed by atoms with Crippen LogP contribution in [0.25, 0.3) is 10.8 Å². The minimum Gasteiger partial charge on any atom is -0.481 e. The highest BCUT2D eigenvalue weighted by Gasteiger charge is 2.28. The van der Waals surface area contributed by atoms with Gasteiger partial charge in [-0.15, -0.1) is 0 Å². The number of amides is 1. The Labute approximate surface area is 167 Å². The number of aromatic amines is 1. The Balaban J connectivity index is 1.70. The molecule has 6 nitrogen and oxygen atoms in total. The Kier molecular flexibility index (Phi) is 4.92. The molecule has 0 aliphatic heterocycles. The smallest absolute Gasteiger partial charge is 0.305 e. The zero-order chi connectivity index (χ0) is 20.5. The number of nitrogens with one attached hydrogen (secondary N) is 2. The van der Waals surface area contributed by atoms with Gasteiger partial charge in [0.05, 0.1) is 12.5 Å². The molecule has 1 aliphatic rings. The van der Waals surface area contributed by atoms with Crippen molar-refractivity contribution in [3.05, 3.63) is 70.5 Å². The number of carbonyl (C=O) groups excluding carboxylic acids is 2. The molecule has 3 N–H and O–H groups in total. The van der Waals surface area contributed by atoms with Crippen LogP contribution in [0.1, 0.15) is 63.0 Å². The summed E-state index contributed by atoms with van der Waals surface area (Å²) in [7, 11) is 0. The average molecular weight is 390 g/mol. The van der Waals surface area contributed by atoms with E-state index < -0.39 is 17.9 Å². The molecular formula is C23H22N2O4. The fraction of sp³-hybridized carbons (Fsp3) is 0.261. The van der Waals surface area contributed by atoms with Crippen LogP contribution < -0.4 is 5.32 Å². The van der Waals surface area contributed by atoms with Crippen LogP contribution in [0, 0.1) is 6.92 Å². The fourth-order valence-corrected chi connectivity index (χ4v) is 4.20. The number of H-pyrrole nitrogens is 1. The number of carboxylic acids is 1. The molecule has 29 heavy (non-hydrogen) atoms. The topological polar surface area (TPSA) is 99.3 Å². The molecule has 0 spiro atoms. The molecule has 4 rings (SSSR count). The number of aromatic nitrogens is 1. The monoisotopic (exact) mass is 390 g/mol. The van der Waals surface area contributed by atoms with E-state index in [9.17, 15) is 19.5 Å². The van der Waals surface area contributed by atoms with Crippen molar-refractivity contribution in [3.63, 3.8) is 0 Å². The molecule has 0 bridgehead atoms. The highest BCUT2D eigenvalue weighted by molar-refractivity contribution is 6.04. The molecule has 0 fully saturated rings. The van der Waals surface area contributed by atoms with Crippen molar-refractivity contribution in [1.29, 1.82) is 0 Å². The van der Waals surface area contributed by atoms with Gasteiger partial charge in [-0.2, -0.15) is 0 Å². The van der Waals surface area contributed by atoms with Gasteiger partial charge in [-0.25, -0.2) is 0 Å². The maximum Gasteiger partial charge on any atom is 0.305 e. The van der Waals surface area contributed by atoms with Crippen molar-refractivity contribution in [2.45, 2.75) is 38.6 Å². The van der Waals surface area contributed by atoms with Gasteiger partial charge in [-0.3, -0.25) is 14.4 Å². The van der Waals surface area contributed by atoms with Crippen molar-refractivity contribution >= 4 is 28.4 Å². The standard InChI is InChI=1S/C23H22N2O4/c1-13-21-17(10-5-11-19(21)26)24-22(13)23(29)25-18(12-20(27)28)16-9-4-7-14-6-2-3-8-15(14)16/h2-4,6-9,18,24H,5,10-12H2,1H3,(H,25,29)(H,27,28)/t18-/m1/s1. The summed E-state index contributed by atoms with van der Waals surface area (Å²) in [5.74, 6) is -1.35. The Morgan fingerprint density at radius 1 is 1.14 bits per heavy atom. The maximum atomic E-state index is 13.0. The minimum absolute atomic E-state index is 0.0511. The number of carbonyl (C=O) groups is 3. The second-order valence-corrected chi connectivity index (χ2v) is 7.45. The highest BCUT2D eigenvalue weighted by Crippen LogP contribution is 2.29. The van der Waals surface area contributed by atoms with Crippen LogP contribution in [-0.2, 0) is 11.2 Å². The van der Waals surface area contributed by atoms with Crippen molar-refractivity contribution in [1.82, 2.24) is 10.3 Å². The third kappa shape index (κ3) is 3.53. The molecule has 1 atom stereocenters. The van der Waals surface area contributed by atoms with Gasteiger partial charge in [-0.05, 0) is 41.7 Å². The van der Waals surface area contributed by atoms with Gasteiger partial charge in [0.2, 0.25) is 0 Å². The number of rotatable bonds is 5. The summed E-state index contributed by atoms with van der Waals surface area (Å²) < 4.78 is 0. The number of Topliss-reactive ketones (excluding diaryl/α,β-unsaturated/α-hetero) is 1. The first-order valence-electron chi connectivity index (χ1n) is 9.70. The molecule has 0 saturated carbocycles. The number of carboxylic acid groups (broad SMARTS) is 1. The van der Waals surface area contributed by atoms with Crippen LogP contribution in [0.2, 0.25) is 0 Å². The molecule has 1 aromatic heterocycles. The first-order chi connectivity index (χ1) is 14.0. The third-order valence-electron chi connectivity index (χ3n) is 5.55. The number of hydrogen-bond acceptors (Lipinski definition) is 3. The molecule has 1 heterocycles. The second kappa shape index (κ2) is 7.54. The van der Waals surface area contributed by atoms with E-state index in [4.69, 9.17) is 0 Å². The zero-order valence-corrected chi connectivity index (χ0v) is 16.1. The summed E-state index contributed by atoms with van der Waals surface area (Å²) in [6.07, 6.45) is 1.75. The molecule has 1 amide bonds. The van der Waals surface area contributed by atoms with Gasteiger partial charge >= 0.3 is 5.97 Å². The molecule has 0 saturated heterocycles. The Morgan fingerprint density at radius 3 is 2.66 bits per heavy atom. The van der Waals surface area contributed by atoms with E-state index in [-0.39, 0.29) is 12.2 Å². The van der Waals surface area contributed by atoms with E-state index in [0.717, 1.165) is 34.9 Å². The van der Waals surface area contributed by atoms with Crippen LogP contribution in [0.15, 0.2) is 42.5 Å². The quantitative estimate of drug-likeness (QED) is 0.614. The zero-order valence-electron chi connectivity index (χ0n) is 16.1. The Hall–Kier alpha value is -3.41. The Bertz CT molecular complexity index is 1120. The van der Waals surface area contributed by atoms with Crippen LogP contribution in [-0.4, -0.2) is 27.8 Å². The summed E-state index contributed by atoms with van der Waals surface area (Å²) in [5.41, 5.74) is 3.13. The largest absolute Gasteiger partial charge is 0.481 e. The van der Waals surface area contributed by atoms with Crippen LogP contribution in [0.5, 0.6) is 0 Å². The van der Waals surface area contributed by atoms with Crippen LogP contribution in [0.3, 0.4) is 0 Å². The van der Waals surface area contributed by atoms with E-state index in [1.807, 2.05) is 42.5 Å². The molecular weight excluding hydrogens is 368 g/mol. The minimum atomic E-state index is -0.999. The first-order valence-corrected chi connectivity index (χ1v) is 9.70. The van der Waals surface area contributed by atoms with Gasteiger partial charge in [0, 0.05) is 17.7 Å². The average Bonchev–Trinajstić information content (AvgIpc) is 3.04. The number of aliphatic carboxylic acids is 1. The van der Waals surface area contributed by atoms with E-state index in [1.54, 1.807) is 6.92 Å². The number of ketones is 1. The highest BCUT2D eigenvalue weighted by atomic mass is 16.4. The lowest BCUT2D eigenvalue weighted by Gasteiger charge is -2.19. The normalized spacial score (nSPS) is 14.4. The van der Waals surface area contributed by atoms with E-state index in [2.05, 4.69) is 10.3 Å². The molecule has 0 unspecified atom stereocenters. The first kappa shape index (κ1) is 18.9. The van der Waals surface area contributed by atoms with Gasteiger partial charge in [-0.1, -0.05) is 42.5 Å². The van der Waals surface area contributed by atoms with Crippen LogP contribution >= 0.6 is 0 Å². The van der Waals surface area contributed by atoms with Gasteiger partial charge in [0.15, 0.2) is 5.78 Å². The van der Waals surface area contributed by atoms with E-state index in [1.165, 1.54) is 0 Å². The predicted octanol–water partition coefficient (Wildman–Crippen LogP) is 3.94. The third-order valence-corrected chi connectivity index (χ3v) is 5.55. The van der Waals surface area contributed by atoms with E-state index in [0.29, 0.717) is 23.2 Å². The summed E-state index contributed by atoms with van der Waals surface area (Å²) in [6.45, 7) is 1.76. The summed E-state index contributed by atoms with van der Waals surface area (Å²) in [6, 6.07) is 12.6. The molecule has 2 aromatic carbocycles. The molecule has 148 valence electrons. The SMILES string of the molecule is Cc1c(C(=O)N[C@H](CC(=O)O)c2cccc3ccccc23)[nH]c2c1C(=O)CCC2. The maximum absolute atomic E-state index is 13.0. The van der Waals surface area contributed by atoms with Gasteiger partial charge < -0.3 is 15.4 Å². The summed E-state index contributed by atoms with van der Waals surface area (Å²) >= 11 is 0. The molecule has 3 aromatic rings.